The summed E-state index contributed by atoms with van der Waals surface area (Å²) in [5.74, 6) is 1.38. The van der Waals surface area contributed by atoms with Crippen LogP contribution in [-0.2, 0) is 6.61 Å². The molecule has 0 radical (unpaired) electrons. The third-order valence-electron chi connectivity index (χ3n) is 2.48. The maximum Gasteiger partial charge on any atom is 0.146 e. The molecule has 0 bridgehead atoms. The number of aliphatic hydroxyl groups excluding tert-OH is 1. The van der Waals surface area contributed by atoms with Crippen molar-refractivity contribution in [3.8, 4) is 11.5 Å². The second kappa shape index (κ2) is 5.21. The zero-order chi connectivity index (χ0) is 12.3. The van der Waals surface area contributed by atoms with E-state index in [9.17, 15) is 0 Å². The van der Waals surface area contributed by atoms with Crippen molar-refractivity contribution in [1.82, 2.24) is 0 Å². The first-order chi connectivity index (χ1) is 8.20. The van der Waals surface area contributed by atoms with Gasteiger partial charge in [-0.25, -0.2) is 0 Å². The van der Waals surface area contributed by atoms with Crippen LogP contribution in [0.4, 0.5) is 0 Å². The average Bonchev–Trinajstić information content (AvgIpc) is 2.34. The molecule has 0 aliphatic rings. The van der Waals surface area contributed by atoms with Crippen molar-refractivity contribution in [3.05, 3.63) is 58.6 Å². The minimum Gasteiger partial charge on any atom is -0.456 e. The van der Waals surface area contributed by atoms with Gasteiger partial charge in [0.15, 0.2) is 0 Å². The maximum absolute atomic E-state index is 9.02. The van der Waals surface area contributed by atoms with Crippen LogP contribution in [0, 0.1) is 6.92 Å². The van der Waals surface area contributed by atoms with E-state index in [0.717, 1.165) is 16.9 Å². The van der Waals surface area contributed by atoms with E-state index in [2.05, 4.69) is 0 Å². The van der Waals surface area contributed by atoms with Crippen LogP contribution in [0.15, 0.2) is 42.5 Å². The van der Waals surface area contributed by atoms with Crippen molar-refractivity contribution >= 4 is 11.6 Å². The highest BCUT2D eigenvalue weighted by molar-refractivity contribution is 6.32. The monoisotopic (exact) mass is 248 g/mol. The van der Waals surface area contributed by atoms with Gasteiger partial charge in [-0.2, -0.15) is 0 Å². The fourth-order valence-corrected chi connectivity index (χ4v) is 1.74. The number of para-hydroxylation sites is 1. The van der Waals surface area contributed by atoms with Crippen molar-refractivity contribution in [2.75, 3.05) is 0 Å². The lowest BCUT2D eigenvalue weighted by molar-refractivity contribution is 0.281. The Morgan fingerprint density at radius 2 is 1.88 bits per heavy atom. The quantitative estimate of drug-likeness (QED) is 0.892. The van der Waals surface area contributed by atoms with Crippen molar-refractivity contribution in [3.63, 3.8) is 0 Å². The molecule has 2 rings (SSSR count). The van der Waals surface area contributed by atoms with E-state index in [0.29, 0.717) is 10.8 Å². The van der Waals surface area contributed by atoms with Crippen LogP contribution >= 0.6 is 11.6 Å². The van der Waals surface area contributed by atoms with Gasteiger partial charge in [0.2, 0.25) is 0 Å². The van der Waals surface area contributed by atoms with Gasteiger partial charge in [-0.1, -0.05) is 35.9 Å². The third kappa shape index (κ3) is 2.78. The second-order valence-corrected chi connectivity index (χ2v) is 4.20. The molecule has 0 fully saturated rings. The van der Waals surface area contributed by atoms with E-state index in [4.69, 9.17) is 21.4 Å². The smallest absolute Gasteiger partial charge is 0.146 e. The SMILES string of the molecule is Cc1cc(CO)ccc1Oc1ccccc1Cl. The van der Waals surface area contributed by atoms with Gasteiger partial charge in [0.05, 0.1) is 11.6 Å². The number of ether oxygens (including phenoxy) is 1. The number of hydrogen-bond donors (Lipinski definition) is 1. The lowest BCUT2D eigenvalue weighted by atomic mass is 10.1. The highest BCUT2D eigenvalue weighted by Gasteiger charge is 2.05. The summed E-state index contributed by atoms with van der Waals surface area (Å²) in [7, 11) is 0. The fraction of sp³-hybridized carbons (Fsp3) is 0.143. The van der Waals surface area contributed by atoms with Crippen LogP contribution in [0.1, 0.15) is 11.1 Å². The molecule has 3 heteroatoms. The number of aryl methyl sites for hydroxylation is 1. The van der Waals surface area contributed by atoms with Crippen LogP contribution in [-0.4, -0.2) is 5.11 Å². The first-order valence-electron chi connectivity index (χ1n) is 5.33. The van der Waals surface area contributed by atoms with E-state index in [1.165, 1.54) is 0 Å². The molecule has 0 heterocycles. The molecule has 0 saturated carbocycles. The van der Waals surface area contributed by atoms with Gasteiger partial charge in [-0.15, -0.1) is 0 Å². The van der Waals surface area contributed by atoms with Gasteiger partial charge >= 0.3 is 0 Å². The van der Waals surface area contributed by atoms with Crippen LogP contribution < -0.4 is 4.74 Å². The van der Waals surface area contributed by atoms with Crippen LogP contribution in [0.5, 0.6) is 11.5 Å². The van der Waals surface area contributed by atoms with E-state index < -0.39 is 0 Å². The summed E-state index contributed by atoms with van der Waals surface area (Å²) in [6, 6.07) is 12.9. The molecule has 0 amide bonds. The molecule has 2 nitrogen and oxygen atoms in total. The van der Waals surface area contributed by atoms with Gasteiger partial charge in [-0.3, -0.25) is 0 Å². The normalized spacial score (nSPS) is 10.3. The lowest BCUT2D eigenvalue weighted by Crippen LogP contribution is -1.90. The lowest BCUT2D eigenvalue weighted by Gasteiger charge is -2.10. The van der Waals surface area contributed by atoms with Crippen LogP contribution in [0.3, 0.4) is 0 Å². The molecule has 0 spiro atoms. The molecule has 17 heavy (non-hydrogen) atoms. The second-order valence-electron chi connectivity index (χ2n) is 3.79. The van der Waals surface area contributed by atoms with Crippen LogP contribution in [0.2, 0.25) is 5.02 Å². The van der Waals surface area contributed by atoms with E-state index in [-0.39, 0.29) is 6.61 Å². The molecule has 2 aromatic rings. The van der Waals surface area contributed by atoms with Gasteiger partial charge in [-0.05, 0) is 36.2 Å². The Labute approximate surface area is 105 Å². The highest BCUT2D eigenvalue weighted by atomic mass is 35.5. The summed E-state index contributed by atoms with van der Waals surface area (Å²) in [5, 5.41) is 9.61. The summed E-state index contributed by atoms with van der Waals surface area (Å²) in [5.41, 5.74) is 1.84. The van der Waals surface area contributed by atoms with Gasteiger partial charge in [0, 0.05) is 0 Å². The molecular weight excluding hydrogens is 236 g/mol. The first-order valence-corrected chi connectivity index (χ1v) is 5.71. The van der Waals surface area contributed by atoms with E-state index >= 15 is 0 Å². The number of aliphatic hydroxyl groups is 1. The molecule has 0 aliphatic heterocycles. The Kier molecular flexibility index (Phi) is 3.67. The standard InChI is InChI=1S/C14H13ClO2/c1-10-8-11(9-16)6-7-13(10)17-14-5-3-2-4-12(14)15/h2-8,16H,9H2,1H3. The Bertz CT molecular complexity index is 523. The summed E-state index contributed by atoms with van der Waals surface area (Å²) in [4.78, 5) is 0. The molecule has 88 valence electrons. The Balaban J connectivity index is 2.28. The highest BCUT2D eigenvalue weighted by Crippen LogP contribution is 2.30. The maximum atomic E-state index is 9.02. The molecule has 0 aliphatic carbocycles. The molecule has 0 aromatic heterocycles. The van der Waals surface area contributed by atoms with Gasteiger partial charge in [0.25, 0.3) is 0 Å². The Morgan fingerprint density at radius 1 is 1.12 bits per heavy atom. The van der Waals surface area contributed by atoms with E-state index in [1.807, 2.05) is 43.3 Å². The van der Waals surface area contributed by atoms with Crippen molar-refractivity contribution in [2.45, 2.75) is 13.5 Å². The number of benzene rings is 2. The molecule has 0 unspecified atom stereocenters. The Morgan fingerprint density at radius 3 is 2.53 bits per heavy atom. The summed E-state index contributed by atoms with van der Waals surface area (Å²) in [6.45, 7) is 1.97. The number of rotatable bonds is 3. The summed E-state index contributed by atoms with van der Waals surface area (Å²) in [6.07, 6.45) is 0. The van der Waals surface area contributed by atoms with Crippen molar-refractivity contribution < 1.29 is 9.84 Å². The first kappa shape index (κ1) is 12.0. The van der Waals surface area contributed by atoms with Gasteiger partial charge < -0.3 is 9.84 Å². The third-order valence-corrected chi connectivity index (χ3v) is 2.79. The summed E-state index contributed by atoms with van der Waals surface area (Å²) >= 11 is 6.02. The van der Waals surface area contributed by atoms with Gasteiger partial charge in [0.1, 0.15) is 11.5 Å². The zero-order valence-electron chi connectivity index (χ0n) is 9.48. The molecule has 0 atom stereocenters. The molecule has 1 N–H and O–H groups in total. The predicted molar refractivity (Wildman–Crippen MR) is 68.6 cm³/mol. The Hall–Kier alpha value is -1.51. The number of halogens is 1. The predicted octanol–water partition coefficient (Wildman–Crippen LogP) is 3.93. The number of hydrogen-bond acceptors (Lipinski definition) is 2. The zero-order valence-corrected chi connectivity index (χ0v) is 10.2. The minimum absolute atomic E-state index is 0.0349. The molecular formula is C14H13ClO2. The fourth-order valence-electron chi connectivity index (χ4n) is 1.57. The average molecular weight is 249 g/mol. The van der Waals surface area contributed by atoms with Crippen molar-refractivity contribution in [1.29, 1.82) is 0 Å². The minimum atomic E-state index is 0.0349. The van der Waals surface area contributed by atoms with Crippen LogP contribution in [0.25, 0.3) is 0 Å². The summed E-state index contributed by atoms with van der Waals surface area (Å²) < 4.78 is 5.73. The van der Waals surface area contributed by atoms with Crippen molar-refractivity contribution in [2.24, 2.45) is 0 Å². The topological polar surface area (TPSA) is 29.5 Å². The van der Waals surface area contributed by atoms with E-state index in [1.54, 1.807) is 6.07 Å². The largest absolute Gasteiger partial charge is 0.456 e. The molecule has 0 saturated heterocycles. The molecule has 2 aromatic carbocycles.